The number of rotatable bonds is 3. The van der Waals surface area contributed by atoms with E-state index in [1.54, 1.807) is 0 Å². The molecule has 0 bridgehead atoms. The van der Waals surface area contributed by atoms with Crippen LogP contribution in [-0.2, 0) is 0 Å². The summed E-state index contributed by atoms with van der Waals surface area (Å²) in [5, 5.41) is 3.16. The molecule has 0 spiro atoms. The third-order valence-electron chi connectivity index (χ3n) is 3.25. The summed E-state index contributed by atoms with van der Waals surface area (Å²) in [6, 6.07) is 4.02. The average molecular weight is 366 g/mol. The van der Waals surface area contributed by atoms with Gasteiger partial charge in [0.1, 0.15) is 5.82 Å². The molecule has 0 saturated heterocycles. The van der Waals surface area contributed by atoms with Crippen molar-refractivity contribution in [1.29, 1.82) is 0 Å². The number of nitrogens with zero attached hydrogens (tertiary/aromatic N) is 3. The maximum Gasteiger partial charge on any atom is 0.163 e. The van der Waals surface area contributed by atoms with E-state index in [1.807, 2.05) is 32.3 Å². The summed E-state index contributed by atoms with van der Waals surface area (Å²) in [5.41, 5.74) is 3.15. The molecule has 3 rings (SSSR count). The number of aromatic nitrogens is 3. The lowest BCUT2D eigenvalue weighted by Crippen LogP contribution is -2.04. The second kappa shape index (κ2) is 5.03. The molecular formula is C14H15IN4. The zero-order valence-corrected chi connectivity index (χ0v) is 13.1. The lowest BCUT2D eigenvalue weighted by Gasteiger charge is -2.10. The quantitative estimate of drug-likeness (QED) is 0.847. The molecule has 1 saturated carbocycles. The number of aryl methyl sites for hydroxylation is 1. The maximum absolute atomic E-state index is 4.74. The first-order chi connectivity index (χ1) is 9.19. The van der Waals surface area contributed by atoms with Crippen molar-refractivity contribution in [2.45, 2.75) is 25.7 Å². The SMILES string of the molecule is CNc1nc(-c2ccc(C)nc2)nc(C2CC2)c1I. The Bertz CT molecular complexity index is 606. The van der Waals surface area contributed by atoms with Gasteiger partial charge in [0.15, 0.2) is 5.82 Å². The van der Waals surface area contributed by atoms with Crippen molar-refractivity contribution < 1.29 is 0 Å². The minimum atomic E-state index is 0.610. The summed E-state index contributed by atoms with van der Waals surface area (Å²) in [6.45, 7) is 1.98. The van der Waals surface area contributed by atoms with Crippen molar-refractivity contribution in [1.82, 2.24) is 15.0 Å². The second-order valence-corrected chi connectivity index (χ2v) is 5.89. The monoisotopic (exact) mass is 366 g/mol. The first-order valence-electron chi connectivity index (χ1n) is 6.37. The summed E-state index contributed by atoms with van der Waals surface area (Å²) in [7, 11) is 1.90. The van der Waals surface area contributed by atoms with Crippen LogP contribution in [0.3, 0.4) is 0 Å². The van der Waals surface area contributed by atoms with E-state index in [-0.39, 0.29) is 0 Å². The van der Waals surface area contributed by atoms with E-state index in [2.05, 4.69) is 37.9 Å². The number of hydrogen-bond acceptors (Lipinski definition) is 4. The van der Waals surface area contributed by atoms with Gasteiger partial charge in [-0.25, -0.2) is 9.97 Å². The number of pyridine rings is 1. The van der Waals surface area contributed by atoms with Gasteiger partial charge in [-0.05, 0) is 54.5 Å². The normalized spacial score (nSPS) is 14.5. The largest absolute Gasteiger partial charge is 0.372 e. The summed E-state index contributed by atoms with van der Waals surface area (Å²) in [4.78, 5) is 13.7. The molecule has 5 heteroatoms. The maximum atomic E-state index is 4.74. The van der Waals surface area contributed by atoms with E-state index in [0.717, 1.165) is 26.5 Å². The molecule has 0 amide bonds. The third-order valence-corrected chi connectivity index (χ3v) is 4.31. The highest BCUT2D eigenvalue weighted by atomic mass is 127. The molecule has 1 N–H and O–H groups in total. The Labute approximate surface area is 126 Å². The van der Waals surface area contributed by atoms with Crippen LogP contribution in [0.1, 0.15) is 30.1 Å². The molecule has 0 atom stereocenters. The summed E-state index contributed by atoms with van der Waals surface area (Å²) in [6.07, 6.45) is 4.32. The first-order valence-corrected chi connectivity index (χ1v) is 7.45. The number of hydrogen-bond donors (Lipinski definition) is 1. The van der Waals surface area contributed by atoms with Crippen molar-refractivity contribution in [3.63, 3.8) is 0 Å². The van der Waals surface area contributed by atoms with Gasteiger partial charge in [-0.1, -0.05) is 0 Å². The Balaban J connectivity index is 2.10. The molecule has 0 radical (unpaired) electrons. The molecule has 4 nitrogen and oxygen atoms in total. The molecular weight excluding hydrogens is 351 g/mol. The second-order valence-electron chi connectivity index (χ2n) is 4.81. The lowest BCUT2D eigenvalue weighted by molar-refractivity contribution is 0.977. The van der Waals surface area contributed by atoms with E-state index in [4.69, 9.17) is 4.98 Å². The Morgan fingerprint density at radius 2 is 2.05 bits per heavy atom. The highest BCUT2D eigenvalue weighted by molar-refractivity contribution is 14.1. The standard InChI is InChI=1S/C14H15IN4/c1-8-3-4-10(7-17-8)13-18-12(9-5-6-9)11(15)14(16-2)19-13/h3-4,7,9H,5-6H2,1-2H3,(H,16,18,19). The van der Waals surface area contributed by atoms with Crippen molar-refractivity contribution in [3.8, 4) is 11.4 Å². The Hall–Kier alpha value is -1.24. The van der Waals surface area contributed by atoms with Gasteiger partial charge in [-0.2, -0.15) is 0 Å². The van der Waals surface area contributed by atoms with Crippen LogP contribution in [0, 0.1) is 10.5 Å². The lowest BCUT2D eigenvalue weighted by atomic mass is 10.2. The first kappa shape index (κ1) is 12.8. The van der Waals surface area contributed by atoms with Crippen LogP contribution in [0.4, 0.5) is 5.82 Å². The molecule has 1 fully saturated rings. The van der Waals surface area contributed by atoms with Gasteiger partial charge in [0.05, 0.1) is 9.26 Å². The van der Waals surface area contributed by atoms with Gasteiger partial charge in [-0.15, -0.1) is 0 Å². The molecule has 1 aliphatic carbocycles. The minimum Gasteiger partial charge on any atom is -0.372 e. The average Bonchev–Trinajstić information content (AvgIpc) is 3.24. The van der Waals surface area contributed by atoms with Gasteiger partial charge < -0.3 is 5.32 Å². The fourth-order valence-electron chi connectivity index (χ4n) is 1.99. The Morgan fingerprint density at radius 1 is 1.26 bits per heavy atom. The van der Waals surface area contributed by atoms with Crippen LogP contribution in [0.2, 0.25) is 0 Å². The minimum absolute atomic E-state index is 0.610. The zero-order chi connectivity index (χ0) is 13.4. The topological polar surface area (TPSA) is 50.7 Å². The van der Waals surface area contributed by atoms with E-state index >= 15 is 0 Å². The van der Waals surface area contributed by atoms with Crippen LogP contribution in [-0.4, -0.2) is 22.0 Å². The molecule has 98 valence electrons. The van der Waals surface area contributed by atoms with Crippen LogP contribution >= 0.6 is 22.6 Å². The van der Waals surface area contributed by atoms with Crippen molar-refractivity contribution in [2.24, 2.45) is 0 Å². The number of nitrogens with one attached hydrogen (secondary N) is 1. The van der Waals surface area contributed by atoms with Crippen molar-refractivity contribution >= 4 is 28.4 Å². The third kappa shape index (κ3) is 2.56. The van der Waals surface area contributed by atoms with Gasteiger partial charge in [0, 0.05) is 30.4 Å². The molecule has 2 aromatic heterocycles. The Kier molecular flexibility index (Phi) is 3.38. The smallest absolute Gasteiger partial charge is 0.163 e. The van der Waals surface area contributed by atoms with E-state index in [9.17, 15) is 0 Å². The fraction of sp³-hybridized carbons (Fsp3) is 0.357. The highest BCUT2D eigenvalue weighted by Crippen LogP contribution is 2.42. The molecule has 2 aromatic rings. The molecule has 0 aromatic carbocycles. The molecule has 0 unspecified atom stereocenters. The Morgan fingerprint density at radius 3 is 2.63 bits per heavy atom. The molecule has 0 aliphatic heterocycles. The predicted octanol–water partition coefficient (Wildman–Crippen LogP) is 3.37. The van der Waals surface area contributed by atoms with Gasteiger partial charge in [0.25, 0.3) is 0 Å². The number of halogens is 1. The predicted molar refractivity (Wildman–Crippen MR) is 84.2 cm³/mol. The summed E-state index contributed by atoms with van der Waals surface area (Å²) in [5.74, 6) is 2.28. The van der Waals surface area contributed by atoms with Crippen molar-refractivity contribution in [2.75, 3.05) is 12.4 Å². The number of anilines is 1. The van der Waals surface area contributed by atoms with Crippen LogP contribution in [0.25, 0.3) is 11.4 Å². The molecule has 2 heterocycles. The summed E-state index contributed by atoms with van der Waals surface area (Å²) >= 11 is 2.33. The van der Waals surface area contributed by atoms with Gasteiger partial charge in [0.2, 0.25) is 0 Å². The highest BCUT2D eigenvalue weighted by Gasteiger charge is 2.29. The molecule has 1 aliphatic rings. The zero-order valence-electron chi connectivity index (χ0n) is 10.9. The van der Waals surface area contributed by atoms with E-state index in [0.29, 0.717) is 5.92 Å². The van der Waals surface area contributed by atoms with Gasteiger partial charge in [-0.3, -0.25) is 4.98 Å². The van der Waals surface area contributed by atoms with E-state index in [1.165, 1.54) is 18.5 Å². The summed E-state index contributed by atoms with van der Waals surface area (Å²) < 4.78 is 1.14. The van der Waals surface area contributed by atoms with Crippen molar-refractivity contribution in [3.05, 3.63) is 33.3 Å². The van der Waals surface area contributed by atoms with Crippen LogP contribution in [0.15, 0.2) is 18.3 Å². The van der Waals surface area contributed by atoms with Gasteiger partial charge >= 0.3 is 0 Å². The van der Waals surface area contributed by atoms with Crippen LogP contribution in [0.5, 0.6) is 0 Å². The van der Waals surface area contributed by atoms with Crippen LogP contribution < -0.4 is 5.32 Å². The fourth-order valence-corrected chi connectivity index (χ4v) is 2.94. The van der Waals surface area contributed by atoms with E-state index < -0.39 is 0 Å². The molecule has 19 heavy (non-hydrogen) atoms.